The van der Waals surface area contributed by atoms with Crippen LogP contribution in [-0.2, 0) is 12.8 Å². The lowest BCUT2D eigenvalue weighted by molar-refractivity contribution is 0.195. The fraction of sp³-hybridized carbons (Fsp3) is 0.571. The van der Waals surface area contributed by atoms with Crippen molar-refractivity contribution < 1.29 is 5.11 Å². The van der Waals surface area contributed by atoms with Gasteiger partial charge in [0, 0.05) is 12.1 Å². The molecule has 2 atom stereocenters. The van der Waals surface area contributed by atoms with Gasteiger partial charge in [0.25, 0.3) is 0 Å². The van der Waals surface area contributed by atoms with Crippen molar-refractivity contribution in [3.05, 3.63) is 29.3 Å². The van der Waals surface area contributed by atoms with Crippen LogP contribution < -0.4 is 0 Å². The minimum Gasteiger partial charge on any atom is -0.508 e. The molecule has 1 aliphatic carbocycles. The smallest absolute Gasteiger partial charge is 0.115 e. The van der Waals surface area contributed by atoms with Crippen LogP contribution in [0.15, 0.2) is 18.2 Å². The van der Waals surface area contributed by atoms with Crippen LogP contribution in [0.3, 0.4) is 0 Å². The van der Waals surface area contributed by atoms with Crippen LogP contribution in [0.5, 0.6) is 5.75 Å². The highest BCUT2D eigenvalue weighted by Crippen LogP contribution is 2.31. The van der Waals surface area contributed by atoms with Crippen LogP contribution in [-0.4, -0.2) is 28.6 Å². The molecule has 0 bridgehead atoms. The van der Waals surface area contributed by atoms with Crippen LogP contribution in [0, 0.1) is 0 Å². The summed E-state index contributed by atoms with van der Waals surface area (Å²) >= 11 is 0. The van der Waals surface area contributed by atoms with E-state index in [2.05, 4.69) is 17.9 Å². The first kappa shape index (κ1) is 10.2. The third-order valence-electron chi connectivity index (χ3n) is 4.17. The second kappa shape index (κ2) is 3.77. The number of phenols is 1. The van der Waals surface area contributed by atoms with Crippen molar-refractivity contribution in [1.29, 1.82) is 0 Å². The average molecular weight is 217 g/mol. The summed E-state index contributed by atoms with van der Waals surface area (Å²) in [6.45, 7) is 3.60. The number of hydrogen-bond acceptors (Lipinski definition) is 2. The lowest BCUT2D eigenvalue weighted by Crippen LogP contribution is -2.38. The maximum Gasteiger partial charge on any atom is 0.115 e. The van der Waals surface area contributed by atoms with Gasteiger partial charge in [0.15, 0.2) is 0 Å². The summed E-state index contributed by atoms with van der Waals surface area (Å²) in [5.41, 5.74) is 2.78. The molecule has 3 rings (SSSR count). The SMILES string of the molecule is C[C@@H]1CCCN1[C@H]1Cc2ccc(O)cc2C1. The third-order valence-corrected chi connectivity index (χ3v) is 4.17. The zero-order valence-electron chi connectivity index (χ0n) is 9.82. The predicted octanol–water partition coefficient (Wildman–Crippen LogP) is 2.34. The van der Waals surface area contributed by atoms with Crippen LogP contribution in [0.2, 0.25) is 0 Å². The normalized spacial score (nSPS) is 29.6. The Morgan fingerprint density at radius 1 is 1.25 bits per heavy atom. The Bertz CT molecular complexity index is 402. The molecule has 1 aromatic rings. The summed E-state index contributed by atoms with van der Waals surface area (Å²) in [7, 11) is 0. The molecule has 0 unspecified atom stereocenters. The zero-order valence-corrected chi connectivity index (χ0v) is 9.82. The fourth-order valence-corrected chi connectivity index (χ4v) is 3.31. The number of rotatable bonds is 1. The van der Waals surface area contributed by atoms with E-state index in [0.717, 1.165) is 12.5 Å². The quantitative estimate of drug-likeness (QED) is 0.780. The number of aromatic hydroxyl groups is 1. The molecule has 1 aromatic carbocycles. The number of benzene rings is 1. The number of phenolic OH excluding ortho intramolecular Hbond substituents is 1. The van der Waals surface area contributed by atoms with Crippen molar-refractivity contribution >= 4 is 0 Å². The molecule has 2 heteroatoms. The molecular weight excluding hydrogens is 198 g/mol. The molecule has 0 spiro atoms. The van der Waals surface area contributed by atoms with Crippen LogP contribution in [0.4, 0.5) is 0 Å². The van der Waals surface area contributed by atoms with Crippen molar-refractivity contribution in [2.24, 2.45) is 0 Å². The monoisotopic (exact) mass is 217 g/mol. The highest BCUT2D eigenvalue weighted by molar-refractivity contribution is 5.39. The molecular formula is C14H19NO. The van der Waals surface area contributed by atoms with Gasteiger partial charge in [-0.15, -0.1) is 0 Å². The summed E-state index contributed by atoms with van der Waals surface area (Å²) in [6, 6.07) is 7.26. The van der Waals surface area contributed by atoms with E-state index in [0.29, 0.717) is 11.8 Å². The average Bonchev–Trinajstić information content (AvgIpc) is 2.82. The van der Waals surface area contributed by atoms with Gasteiger partial charge in [0.1, 0.15) is 5.75 Å². The van der Waals surface area contributed by atoms with Crippen LogP contribution in [0.1, 0.15) is 30.9 Å². The molecule has 2 nitrogen and oxygen atoms in total. The Morgan fingerprint density at radius 3 is 2.81 bits per heavy atom. The van der Waals surface area contributed by atoms with Gasteiger partial charge in [0.2, 0.25) is 0 Å². The Balaban J connectivity index is 1.80. The first-order chi connectivity index (χ1) is 7.74. The van der Waals surface area contributed by atoms with Gasteiger partial charge in [-0.3, -0.25) is 4.90 Å². The molecule has 1 heterocycles. The Labute approximate surface area is 96.9 Å². The standard InChI is InChI=1S/C14H19NO/c1-10-3-2-6-15(10)13-7-11-4-5-14(16)9-12(11)8-13/h4-5,9-10,13,16H,2-3,6-8H2,1H3/t10-,13+/m1/s1. The van der Waals surface area contributed by atoms with E-state index in [9.17, 15) is 5.11 Å². The maximum atomic E-state index is 9.49. The second-order valence-electron chi connectivity index (χ2n) is 5.24. The molecule has 0 saturated carbocycles. The Kier molecular flexibility index (Phi) is 2.40. The van der Waals surface area contributed by atoms with E-state index >= 15 is 0 Å². The highest BCUT2D eigenvalue weighted by atomic mass is 16.3. The van der Waals surface area contributed by atoms with E-state index < -0.39 is 0 Å². The van der Waals surface area contributed by atoms with Gasteiger partial charge < -0.3 is 5.11 Å². The first-order valence-corrected chi connectivity index (χ1v) is 6.30. The highest BCUT2D eigenvalue weighted by Gasteiger charge is 2.32. The van der Waals surface area contributed by atoms with E-state index in [1.165, 1.54) is 36.9 Å². The lowest BCUT2D eigenvalue weighted by atomic mass is 10.1. The molecule has 0 amide bonds. The summed E-state index contributed by atoms with van der Waals surface area (Å²) in [5, 5.41) is 9.49. The number of hydrogen-bond donors (Lipinski definition) is 1. The van der Waals surface area contributed by atoms with Crippen molar-refractivity contribution in [3.8, 4) is 5.75 Å². The van der Waals surface area contributed by atoms with E-state index in [4.69, 9.17) is 0 Å². The molecule has 0 aromatic heterocycles. The second-order valence-corrected chi connectivity index (χ2v) is 5.24. The largest absolute Gasteiger partial charge is 0.508 e. The molecule has 1 saturated heterocycles. The molecule has 1 aliphatic heterocycles. The fourth-order valence-electron chi connectivity index (χ4n) is 3.31. The van der Waals surface area contributed by atoms with Crippen molar-refractivity contribution in [2.75, 3.05) is 6.54 Å². The number of fused-ring (bicyclic) bond motifs is 1. The van der Waals surface area contributed by atoms with Gasteiger partial charge in [0.05, 0.1) is 0 Å². The number of likely N-dealkylation sites (tertiary alicyclic amines) is 1. The van der Waals surface area contributed by atoms with Gasteiger partial charge >= 0.3 is 0 Å². The molecule has 2 aliphatic rings. The summed E-state index contributed by atoms with van der Waals surface area (Å²) in [4.78, 5) is 2.65. The summed E-state index contributed by atoms with van der Waals surface area (Å²) < 4.78 is 0. The van der Waals surface area contributed by atoms with Crippen LogP contribution >= 0.6 is 0 Å². The summed E-state index contributed by atoms with van der Waals surface area (Å²) in [5.74, 6) is 0.411. The van der Waals surface area contributed by atoms with Gasteiger partial charge in [-0.2, -0.15) is 0 Å². The van der Waals surface area contributed by atoms with Crippen molar-refractivity contribution in [3.63, 3.8) is 0 Å². The van der Waals surface area contributed by atoms with Crippen molar-refractivity contribution in [2.45, 2.75) is 44.7 Å². The summed E-state index contributed by atoms with van der Waals surface area (Å²) in [6.07, 6.45) is 4.98. The third kappa shape index (κ3) is 1.61. The minimum absolute atomic E-state index is 0.411. The van der Waals surface area contributed by atoms with Crippen molar-refractivity contribution in [1.82, 2.24) is 4.90 Å². The first-order valence-electron chi connectivity index (χ1n) is 6.30. The molecule has 86 valence electrons. The van der Waals surface area contributed by atoms with Crippen LogP contribution in [0.25, 0.3) is 0 Å². The minimum atomic E-state index is 0.411. The predicted molar refractivity (Wildman–Crippen MR) is 64.7 cm³/mol. The van der Waals surface area contributed by atoms with E-state index in [1.54, 1.807) is 0 Å². The zero-order chi connectivity index (χ0) is 11.1. The van der Waals surface area contributed by atoms with Gasteiger partial charge in [-0.05, 0) is 62.4 Å². The van der Waals surface area contributed by atoms with E-state index in [1.807, 2.05) is 12.1 Å². The Morgan fingerprint density at radius 2 is 2.06 bits per heavy atom. The van der Waals surface area contributed by atoms with E-state index in [-0.39, 0.29) is 0 Å². The molecule has 1 N–H and O–H groups in total. The maximum absolute atomic E-state index is 9.49. The lowest BCUT2D eigenvalue weighted by Gasteiger charge is -2.27. The topological polar surface area (TPSA) is 23.5 Å². The van der Waals surface area contributed by atoms with Gasteiger partial charge in [-0.25, -0.2) is 0 Å². The molecule has 1 fully saturated rings. The molecule has 0 radical (unpaired) electrons. The molecule has 16 heavy (non-hydrogen) atoms. The Hall–Kier alpha value is -1.02. The number of nitrogens with zero attached hydrogens (tertiary/aromatic N) is 1. The van der Waals surface area contributed by atoms with Gasteiger partial charge in [-0.1, -0.05) is 6.07 Å².